The summed E-state index contributed by atoms with van der Waals surface area (Å²) in [6.45, 7) is 4.15. The van der Waals surface area contributed by atoms with Crippen LogP contribution in [0.5, 0.6) is 0 Å². The maximum atomic E-state index is 12.8. The minimum absolute atomic E-state index is 0.125. The number of rotatable bonds is 7. The number of aliphatic hydroxyl groups is 1. The molecule has 1 aromatic carbocycles. The molecule has 0 bridgehead atoms. The van der Waals surface area contributed by atoms with Crippen LogP contribution in [0, 0.1) is 12.3 Å². The van der Waals surface area contributed by atoms with Crippen LogP contribution in [0.2, 0.25) is 0 Å². The summed E-state index contributed by atoms with van der Waals surface area (Å²) in [4.78, 5) is 6.34. The van der Waals surface area contributed by atoms with Gasteiger partial charge in [0, 0.05) is 25.9 Å². The van der Waals surface area contributed by atoms with E-state index in [0.717, 1.165) is 37.2 Å². The molecule has 3 aromatic rings. The van der Waals surface area contributed by atoms with Crippen molar-refractivity contribution in [1.29, 1.82) is 0 Å². The Morgan fingerprint density at radius 3 is 2.71 bits per heavy atom. The maximum absolute atomic E-state index is 12.8. The van der Waals surface area contributed by atoms with Crippen LogP contribution in [0.25, 0.3) is 11.6 Å². The van der Waals surface area contributed by atoms with Crippen molar-refractivity contribution in [3.63, 3.8) is 0 Å². The van der Waals surface area contributed by atoms with Crippen molar-refractivity contribution in [3.8, 4) is 11.6 Å². The van der Waals surface area contributed by atoms with Gasteiger partial charge in [0.05, 0.1) is 17.4 Å². The van der Waals surface area contributed by atoms with Crippen molar-refractivity contribution < 1.29 is 22.7 Å². The van der Waals surface area contributed by atoms with E-state index in [1.54, 1.807) is 12.1 Å². The Balaban J connectivity index is 1.12. The zero-order chi connectivity index (χ0) is 24.1. The second-order valence-electron chi connectivity index (χ2n) is 9.32. The van der Waals surface area contributed by atoms with Gasteiger partial charge in [-0.1, -0.05) is 23.9 Å². The van der Waals surface area contributed by atoms with Crippen LogP contribution in [-0.4, -0.2) is 61.2 Å². The van der Waals surface area contributed by atoms with Gasteiger partial charge in [0.25, 0.3) is 0 Å². The molecular formula is C23H26F3N5O2S. The van der Waals surface area contributed by atoms with Gasteiger partial charge in [0.15, 0.2) is 17.3 Å². The first-order valence-electron chi connectivity index (χ1n) is 11.2. The average molecular weight is 494 g/mol. The van der Waals surface area contributed by atoms with Gasteiger partial charge in [-0.05, 0) is 55.3 Å². The predicted molar refractivity (Wildman–Crippen MR) is 120 cm³/mol. The number of alkyl halides is 3. The Morgan fingerprint density at radius 1 is 1.26 bits per heavy atom. The van der Waals surface area contributed by atoms with Crippen LogP contribution in [0.1, 0.15) is 35.6 Å². The summed E-state index contributed by atoms with van der Waals surface area (Å²) in [5.74, 6) is 1.95. The Morgan fingerprint density at radius 2 is 2.03 bits per heavy atom. The molecule has 1 saturated heterocycles. The van der Waals surface area contributed by atoms with Crippen molar-refractivity contribution in [2.45, 2.75) is 43.1 Å². The van der Waals surface area contributed by atoms with Crippen LogP contribution in [0.4, 0.5) is 13.2 Å². The Hall–Kier alpha value is -2.37. The first kappa shape index (κ1) is 23.4. The molecular weight excluding hydrogens is 467 g/mol. The highest BCUT2D eigenvalue weighted by molar-refractivity contribution is 7.99. The first-order valence-corrected chi connectivity index (χ1v) is 12.1. The van der Waals surface area contributed by atoms with Crippen LogP contribution >= 0.6 is 11.8 Å². The fourth-order valence-corrected chi connectivity index (χ4v) is 5.82. The molecule has 2 aliphatic rings. The molecule has 2 aromatic heterocycles. The molecule has 34 heavy (non-hydrogen) atoms. The molecule has 3 heterocycles. The van der Waals surface area contributed by atoms with E-state index in [2.05, 4.69) is 20.1 Å². The number of benzene rings is 1. The van der Waals surface area contributed by atoms with Crippen molar-refractivity contribution in [2.75, 3.05) is 25.4 Å². The quantitative estimate of drug-likeness (QED) is 0.496. The highest BCUT2D eigenvalue weighted by Crippen LogP contribution is 2.64. The summed E-state index contributed by atoms with van der Waals surface area (Å²) in [7, 11) is 1.85. The van der Waals surface area contributed by atoms with Crippen molar-refractivity contribution >= 4 is 11.8 Å². The molecule has 11 heteroatoms. The molecule has 1 aliphatic heterocycles. The van der Waals surface area contributed by atoms with Gasteiger partial charge >= 0.3 is 6.18 Å². The lowest BCUT2D eigenvalue weighted by Gasteiger charge is -2.20. The number of oxazole rings is 1. The maximum Gasteiger partial charge on any atom is 0.416 e. The van der Waals surface area contributed by atoms with Crippen molar-refractivity contribution in [3.05, 3.63) is 47.5 Å². The van der Waals surface area contributed by atoms with Crippen molar-refractivity contribution in [2.24, 2.45) is 12.5 Å². The van der Waals surface area contributed by atoms with Gasteiger partial charge in [-0.3, -0.25) is 0 Å². The summed E-state index contributed by atoms with van der Waals surface area (Å²) < 4.78 is 45.7. The molecule has 0 radical (unpaired) electrons. The number of hydrogen-bond acceptors (Lipinski definition) is 7. The van der Waals surface area contributed by atoms with E-state index in [1.807, 2.05) is 18.5 Å². The van der Waals surface area contributed by atoms with Crippen LogP contribution in [0.3, 0.4) is 0 Å². The van der Waals surface area contributed by atoms with Gasteiger partial charge in [-0.2, -0.15) is 13.2 Å². The molecule has 7 nitrogen and oxygen atoms in total. The number of nitrogens with zero attached hydrogens (tertiary/aromatic N) is 5. The Bertz CT molecular complexity index is 1160. The standard InChI is InChI=1S/C23H26F3N5O2S/c1-14-19(33-13-27-14)20-28-29-21(30(20)2)34-11-17(32)10-31-8-7-22(12-31)9-18(22)15-3-5-16(6-4-15)23(24,25)26/h3-6,13,17-18,32H,7-12H2,1-2H3/t17?,18-,22+/m1/s1. The number of hydrogen-bond donors (Lipinski definition) is 1. The third-order valence-electron chi connectivity index (χ3n) is 6.95. The van der Waals surface area contributed by atoms with Gasteiger partial charge < -0.3 is 19.0 Å². The molecule has 0 amide bonds. The molecule has 1 N–H and O–H groups in total. The smallest absolute Gasteiger partial charge is 0.416 e. The van der Waals surface area contributed by atoms with E-state index in [9.17, 15) is 18.3 Å². The van der Waals surface area contributed by atoms with Crippen molar-refractivity contribution in [1.82, 2.24) is 24.6 Å². The minimum Gasteiger partial charge on any atom is -0.440 e. The van der Waals surface area contributed by atoms with Gasteiger partial charge in [0.2, 0.25) is 5.82 Å². The third-order valence-corrected chi connectivity index (χ3v) is 8.12. The van der Waals surface area contributed by atoms with Crippen LogP contribution in [-0.2, 0) is 13.2 Å². The summed E-state index contributed by atoms with van der Waals surface area (Å²) in [5.41, 5.74) is 1.24. The molecule has 3 atom stereocenters. The molecule has 1 unspecified atom stereocenters. The van der Waals surface area contributed by atoms with Gasteiger partial charge in [0.1, 0.15) is 0 Å². The van der Waals surface area contributed by atoms with E-state index in [4.69, 9.17) is 4.42 Å². The third kappa shape index (κ3) is 4.48. The SMILES string of the molecule is Cc1ncoc1-c1nnc(SCC(O)CN2CC[C@]3(C[C@@H]3c3ccc(C(F)(F)F)cc3)C2)n1C. The van der Waals surface area contributed by atoms with E-state index in [1.165, 1.54) is 30.3 Å². The monoisotopic (exact) mass is 493 g/mol. The fourth-order valence-electron chi connectivity index (χ4n) is 4.99. The fraction of sp³-hybridized carbons (Fsp3) is 0.522. The average Bonchev–Trinajstić information content (AvgIpc) is 3.06. The van der Waals surface area contributed by atoms with Crippen LogP contribution in [0.15, 0.2) is 40.2 Å². The molecule has 1 saturated carbocycles. The molecule has 2 fully saturated rings. The highest BCUT2D eigenvalue weighted by Gasteiger charge is 2.57. The lowest BCUT2D eigenvalue weighted by Crippen LogP contribution is -2.32. The van der Waals surface area contributed by atoms with Gasteiger partial charge in [-0.25, -0.2) is 4.98 Å². The number of thioether (sulfide) groups is 1. The lowest BCUT2D eigenvalue weighted by molar-refractivity contribution is -0.137. The largest absolute Gasteiger partial charge is 0.440 e. The summed E-state index contributed by atoms with van der Waals surface area (Å²) in [5, 5.41) is 19.7. The molecule has 5 rings (SSSR count). The van der Waals surface area contributed by atoms with Crippen LogP contribution < -0.4 is 0 Å². The molecule has 1 spiro atoms. The number of aliphatic hydroxyl groups excluding tert-OH is 1. The predicted octanol–water partition coefficient (Wildman–Crippen LogP) is 4.13. The number of aromatic nitrogens is 4. The number of aryl methyl sites for hydroxylation is 1. The molecule has 1 aliphatic carbocycles. The second-order valence-corrected chi connectivity index (χ2v) is 10.3. The normalized spacial score (nSPS) is 23.6. The topological polar surface area (TPSA) is 80.2 Å². The highest BCUT2D eigenvalue weighted by atomic mass is 32.2. The van der Waals surface area contributed by atoms with E-state index >= 15 is 0 Å². The summed E-state index contributed by atoms with van der Waals surface area (Å²) in [6.07, 6.45) is -1.47. The summed E-state index contributed by atoms with van der Waals surface area (Å²) in [6, 6.07) is 5.59. The van der Waals surface area contributed by atoms with E-state index in [0.29, 0.717) is 35.0 Å². The number of β-amino-alcohol motifs (C(OH)–C–C–N with tert-alkyl or cyclic N) is 1. The number of likely N-dealkylation sites (tertiary alicyclic amines) is 1. The van der Waals surface area contributed by atoms with E-state index in [-0.39, 0.29) is 5.41 Å². The Labute approximate surface area is 199 Å². The lowest BCUT2D eigenvalue weighted by atomic mass is 9.97. The zero-order valence-corrected chi connectivity index (χ0v) is 19.7. The van der Waals surface area contributed by atoms with E-state index < -0.39 is 17.8 Å². The zero-order valence-electron chi connectivity index (χ0n) is 18.9. The summed E-state index contributed by atoms with van der Waals surface area (Å²) >= 11 is 1.44. The van der Waals surface area contributed by atoms with Gasteiger partial charge in [-0.15, -0.1) is 10.2 Å². The number of halogens is 3. The minimum atomic E-state index is -4.31. The Kier molecular flexibility index (Phi) is 5.97. The first-order chi connectivity index (χ1) is 16.2. The molecule has 182 valence electrons. The second kappa shape index (κ2) is 8.69.